The molecule has 1 atom stereocenters. The van der Waals surface area contributed by atoms with Crippen molar-refractivity contribution in [3.63, 3.8) is 0 Å². The monoisotopic (exact) mass is 1060 g/mol. The number of allylic oxidation sites excluding steroid dienone is 22. The first-order valence-electron chi connectivity index (χ1n) is 31.7. The lowest BCUT2D eigenvalue weighted by molar-refractivity contribution is -0.167. The van der Waals surface area contributed by atoms with E-state index in [1.165, 1.54) is 89.9 Å². The maximum Gasteiger partial charge on any atom is 0.306 e. The van der Waals surface area contributed by atoms with E-state index in [9.17, 15) is 14.4 Å². The Morgan fingerprint density at radius 3 is 0.844 bits per heavy atom. The molecule has 0 heterocycles. The van der Waals surface area contributed by atoms with Crippen LogP contribution < -0.4 is 0 Å². The van der Waals surface area contributed by atoms with Crippen LogP contribution in [-0.2, 0) is 28.6 Å². The van der Waals surface area contributed by atoms with E-state index < -0.39 is 6.10 Å². The van der Waals surface area contributed by atoms with E-state index in [1.807, 2.05) is 0 Å². The first kappa shape index (κ1) is 72.5. The summed E-state index contributed by atoms with van der Waals surface area (Å²) >= 11 is 0. The van der Waals surface area contributed by atoms with E-state index in [-0.39, 0.29) is 31.1 Å². The van der Waals surface area contributed by atoms with Gasteiger partial charge < -0.3 is 14.2 Å². The number of unbranched alkanes of at least 4 members (excludes halogenated alkanes) is 23. The summed E-state index contributed by atoms with van der Waals surface area (Å²) in [6.07, 6.45) is 90.4. The highest BCUT2D eigenvalue weighted by molar-refractivity contribution is 5.71. The molecular weight excluding hydrogens is 949 g/mol. The van der Waals surface area contributed by atoms with Crippen LogP contribution in [0.25, 0.3) is 0 Å². The number of rotatable bonds is 56. The van der Waals surface area contributed by atoms with Crippen LogP contribution in [0.1, 0.15) is 278 Å². The van der Waals surface area contributed by atoms with Crippen LogP contribution in [0.3, 0.4) is 0 Å². The van der Waals surface area contributed by atoms with Gasteiger partial charge in [0.1, 0.15) is 13.2 Å². The Hall–Kier alpha value is -4.45. The van der Waals surface area contributed by atoms with Crippen LogP contribution in [0.15, 0.2) is 134 Å². The third-order valence-electron chi connectivity index (χ3n) is 13.1. The zero-order valence-corrected chi connectivity index (χ0v) is 49.9. The van der Waals surface area contributed by atoms with Gasteiger partial charge in [-0.05, 0) is 116 Å². The Labute approximate surface area is 475 Å². The van der Waals surface area contributed by atoms with Crippen molar-refractivity contribution in [3.8, 4) is 0 Å². The molecule has 0 N–H and O–H groups in total. The Morgan fingerprint density at radius 1 is 0.273 bits per heavy atom. The van der Waals surface area contributed by atoms with Crippen LogP contribution >= 0.6 is 0 Å². The number of hydrogen-bond acceptors (Lipinski definition) is 6. The van der Waals surface area contributed by atoms with Gasteiger partial charge in [0, 0.05) is 19.3 Å². The molecular formula is C71H116O6. The summed E-state index contributed by atoms with van der Waals surface area (Å²) in [7, 11) is 0. The van der Waals surface area contributed by atoms with Gasteiger partial charge in [-0.25, -0.2) is 0 Å². The molecule has 0 aliphatic rings. The zero-order chi connectivity index (χ0) is 55.7. The smallest absolute Gasteiger partial charge is 0.306 e. The predicted molar refractivity (Wildman–Crippen MR) is 334 cm³/mol. The highest BCUT2D eigenvalue weighted by Crippen LogP contribution is 2.15. The van der Waals surface area contributed by atoms with E-state index in [0.29, 0.717) is 19.3 Å². The number of ether oxygens (including phenoxy) is 3. The van der Waals surface area contributed by atoms with Gasteiger partial charge in [-0.3, -0.25) is 14.4 Å². The molecule has 0 spiro atoms. The lowest BCUT2D eigenvalue weighted by Gasteiger charge is -2.18. The Bertz CT molecular complexity index is 1650. The van der Waals surface area contributed by atoms with E-state index >= 15 is 0 Å². The van der Waals surface area contributed by atoms with Crippen LogP contribution in [0.5, 0.6) is 0 Å². The molecule has 6 heteroatoms. The lowest BCUT2D eigenvalue weighted by atomic mass is 10.0. The van der Waals surface area contributed by atoms with Crippen molar-refractivity contribution in [2.75, 3.05) is 13.2 Å². The van der Waals surface area contributed by atoms with Gasteiger partial charge >= 0.3 is 17.9 Å². The fourth-order valence-corrected chi connectivity index (χ4v) is 8.39. The minimum atomic E-state index is -0.793. The highest BCUT2D eigenvalue weighted by Gasteiger charge is 2.19. The first-order chi connectivity index (χ1) is 38.0. The standard InChI is InChI=1S/C71H116O6/c1-4-7-10-13-16-19-22-24-25-26-27-28-29-30-31-32-33-34-35-36-37-38-39-40-41-42-43-44-45-47-49-52-55-58-61-64-70(73)76-67-68(66-75-69(72)63-60-57-54-51-48-21-18-15-12-9-6-3)77-71(74)65-62-59-56-53-50-46-23-20-17-14-11-8-5-2/h7,10,15-16,18-19,24-25,27-28,30-31,33-34,36-37,39-40,42-43,45,47,68H,4-6,8-9,11-14,17,20-23,26,29,32,35,38,41,44,46,48-67H2,1-3H3/b10-7-,18-15-,19-16-,25-24-,28-27-,31-30-,34-33-,37-36-,40-39-,43-42-,47-45-. The van der Waals surface area contributed by atoms with Crippen molar-refractivity contribution in [3.05, 3.63) is 134 Å². The van der Waals surface area contributed by atoms with E-state index in [0.717, 1.165) is 148 Å². The van der Waals surface area contributed by atoms with Crippen LogP contribution in [-0.4, -0.2) is 37.2 Å². The summed E-state index contributed by atoms with van der Waals surface area (Å²) in [6.45, 7) is 6.46. The van der Waals surface area contributed by atoms with Gasteiger partial charge in [0.15, 0.2) is 6.10 Å². The van der Waals surface area contributed by atoms with Gasteiger partial charge in [0.2, 0.25) is 0 Å². The first-order valence-corrected chi connectivity index (χ1v) is 31.7. The molecule has 0 rings (SSSR count). The Kier molecular flexibility index (Phi) is 60.4. The highest BCUT2D eigenvalue weighted by atomic mass is 16.6. The molecule has 1 unspecified atom stereocenters. The molecule has 0 amide bonds. The van der Waals surface area contributed by atoms with Crippen molar-refractivity contribution in [1.29, 1.82) is 0 Å². The van der Waals surface area contributed by atoms with Gasteiger partial charge in [-0.15, -0.1) is 0 Å². The topological polar surface area (TPSA) is 78.9 Å². The van der Waals surface area contributed by atoms with Crippen molar-refractivity contribution in [1.82, 2.24) is 0 Å². The number of carbonyl (C=O) groups excluding carboxylic acids is 3. The molecule has 0 aliphatic heterocycles. The SMILES string of the molecule is CC/C=C\C/C=C\C/C=C\C/C=C\C/C=C\C/C=C\C/C=C\C/C=C\C/C=C\C/C=C\CCCCCCC(=O)OCC(COC(=O)CCCCCCC/C=C\CCCC)OC(=O)CCCCCCCCCCCCCCC. The van der Waals surface area contributed by atoms with Gasteiger partial charge in [0.25, 0.3) is 0 Å². The molecule has 0 bridgehead atoms. The zero-order valence-electron chi connectivity index (χ0n) is 49.9. The quantitative estimate of drug-likeness (QED) is 0.0261. The van der Waals surface area contributed by atoms with Crippen molar-refractivity contribution >= 4 is 17.9 Å². The maximum absolute atomic E-state index is 12.8. The van der Waals surface area contributed by atoms with Crippen molar-refractivity contribution in [2.45, 2.75) is 284 Å². The minimum Gasteiger partial charge on any atom is -0.462 e. The largest absolute Gasteiger partial charge is 0.462 e. The normalized spacial score (nSPS) is 13.0. The van der Waals surface area contributed by atoms with Crippen LogP contribution in [0.2, 0.25) is 0 Å². The summed E-state index contributed by atoms with van der Waals surface area (Å²) in [6, 6.07) is 0. The molecule has 0 aromatic rings. The molecule has 436 valence electrons. The average molecular weight is 1070 g/mol. The Balaban J connectivity index is 4.26. The summed E-state index contributed by atoms with van der Waals surface area (Å²) < 4.78 is 16.8. The third kappa shape index (κ3) is 62.3. The molecule has 0 radical (unpaired) electrons. The second kappa shape index (κ2) is 64.1. The average Bonchev–Trinajstić information content (AvgIpc) is 3.43. The molecule has 6 nitrogen and oxygen atoms in total. The number of hydrogen-bond donors (Lipinski definition) is 0. The third-order valence-corrected chi connectivity index (χ3v) is 13.1. The second-order valence-corrected chi connectivity index (χ2v) is 20.6. The van der Waals surface area contributed by atoms with Gasteiger partial charge in [-0.1, -0.05) is 276 Å². The summed E-state index contributed by atoms with van der Waals surface area (Å²) in [5.74, 6) is -0.925. The van der Waals surface area contributed by atoms with Crippen LogP contribution in [0.4, 0.5) is 0 Å². The van der Waals surface area contributed by atoms with E-state index in [4.69, 9.17) is 14.2 Å². The van der Waals surface area contributed by atoms with E-state index in [1.54, 1.807) is 0 Å². The molecule has 0 saturated carbocycles. The summed E-state index contributed by atoms with van der Waals surface area (Å²) in [5.41, 5.74) is 0. The van der Waals surface area contributed by atoms with Crippen LogP contribution in [0, 0.1) is 0 Å². The van der Waals surface area contributed by atoms with Gasteiger partial charge in [-0.2, -0.15) is 0 Å². The molecule has 0 aliphatic carbocycles. The Morgan fingerprint density at radius 2 is 0.519 bits per heavy atom. The summed E-state index contributed by atoms with van der Waals surface area (Å²) in [4.78, 5) is 38.1. The minimum absolute atomic E-state index is 0.0910. The lowest BCUT2D eigenvalue weighted by Crippen LogP contribution is -2.30. The molecule has 0 saturated heterocycles. The van der Waals surface area contributed by atoms with Gasteiger partial charge in [0.05, 0.1) is 0 Å². The van der Waals surface area contributed by atoms with E-state index in [2.05, 4.69) is 154 Å². The van der Waals surface area contributed by atoms with Crippen molar-refractivity contribution < 1.29 is 28.6 Å². The molecule has 0 fully saturated rings. The summed E-state index contributed by atoms with van der Waals surface area (Å²) in [5, 5.41) is 0. The number of carbonyl (C=O) groups is 3. The molecule has 0 aromatic carbocycles. The molecule has 77 heavy (non-hydrogen) atoms. The number of esters is 3. The fraction of sp³-hybridized carbons (Fsp3) is 0.648. The second-order valence-electron chi connectivity index (χ2n) is 20.6. The molecule has 0 aromatic heterocycles. The fourth-order valence-electron chi connectivity index (χ4n) is 8.39. The maximum atomic E-state index is 12.8. The van der Waals surface area contributed by atoms with Crippen molar-refractivity contribution in [2.24, 2.45) is 0 Å². The predicted octanol–water partition coefficient (Wildman–Crippen LogP) is 21.8.